The van der Waals surface area contributed by atoms with Crippen LogP contribution in [0.1, 0.15) is 29.5 Å². The Balaban J connectivity index is 1.43. The van der Waals surface area contributed by atoms with Gasteiger partial charge in [0.05, 0.1) is 19.2 Å². The van der Waals surface area contributed by atoms with Gasteiger partial charge in [0.25, 0.3) is 5.91 Å². The van der Waals surface area contributed by atoms with Crippen LogP contribution in [0.2, 0.25) is 0 Å². The highest BCUT2D eigenvalue weighted by molar-refractivity contribution is 6.03. The predicted molar refractivity (Wildman–Crippen MR) is 143 cm³/mol. The van der Waals surface area contributed by atoms with Crippen LogP contribution in [0.25, 0.3) is 6.08 Å². The minimum atomic E-state index is -0.273. The van der Waals surface area contributed by atoms with Crippen molar-refractivity contribution < 1.29 is 23.8 Å². The summed E-state index contributed by atoms with van der Waals surface area (Å²) in [5, 5.41) is 0. The molecular weight excluding hydrogens is 480 g/mol. The Kier molecular flexibility index (Phi) is 6.27. The molecule has 0 unspecified atom stereocenters. The second-order valence-corrected chi connectivity index (χ2v) is 9.98. The van der Waals surface area contributed by atoms with E-state index < -0.39 is 0 Å². The van der Waals surface area contributed by atoms with Gasteiger partial charge in [0, 0.05) is 31.5 Å². The lowest BCUT2D eigenvalue weighted by atomic mass is 9.85. The Hall–Kier alpha value is -4.26. The van der Waals surface area contributed by atoms with Crippen LogP contribution in [0.15, 0.2) is 78.4 Å². The number of benzene rings is 3. The van der Waals surface area contributed by atoms with Crippen LogP contribution >= 0.6 is 0 Å². The second kappa shape index (κ2) is 9.89. The molecule has 0 N–H and O–H groups in total. The maximum Gasteiger partial charge on any atom is 0.250 e. The van der Waals surface area contributed by atoms with Crippen LogP contribution in [0.5, 0.6) is 17.2 Å². The van der Waals surface area contributed by atoms with Crippen LogP contribution in [-0.2, 0) is 16.0 Å². The van der Waals surface area contributed by atoms with Crippen LogP contribution < -0.4 is 14.2 Å². The minimum absolute atomic E-state index is 0.00162. The molecule has 0 bridgehead atoms. The van der Waals surface area contributed by atoms with Gasteiger partial charge in [-0.2, -0.15) is 0 Å². The fourth-order valence-electron chi connectivity index (χ4n) is 5.99. The highest BCUT2D eigenvalue weighted by Gasteiger charge is 2.50. The lowest BCUT2D eigenvalue weighted by molar-refractivity contribution is -0.140. The third-order valence-electron chi connectivity index (χ3n) is 7.74. The van der Waals surface area contributed by atoms with Crippen molar-refractivity contribution in [3.8, 4) is 17.2 Å². The third-order valence-corrected chi connectivity index (χ3v) is 7.74. The van der Waals surface area contributed by atoms with Gasteiger partial charge in [-0.25, -0.2) is 0 Å². The summed E-state index contributed by atoms with van der Waals surface area (Å²) in [6, 6.07) is 23.6. The highest BCUT2D eigenvalue weighted by atomic mass is 16.7. The molecule has 0 radical (unpaired) electrons. The molecule has 194 valence electrons. The van der Waals surface area contributed by atoms with Crippen molar-refractivity contribution in [3.63, 3.8) is 0 Å². The molecule has 7 nitrogen and oxygen atoms in total. The molecule has 0 saturated carbocycles. The molecule has 3 aliphatic heterocycles. The molecule has 3 heterocycles. The first-order chi connectivity index (χ1) is 18.5. The average molecular weight is 511 g/mol. The summed E-state index contributed by atoms with van der Waals surface area (Å²) in [5.74, 6) is 1.49. The summed E-state index contributed by atoms with van der Waals surface area (Å²) < 4.78 is 17.0. The Labute approximate surface area is 222 Å². The van der Waals surface area contributed by atoms with Gasteiger partial charge in [-0.3, -0.25) is 9.59 Å². The maximum absolute atomic E-state index is 14.1. The van der Waals surface area contributed by atoms with Crippen LogP contribution in [0, 0.1) is 0 Å². The minimum Gasteiger partial charge on any atom is -0.493 e. The zero-order chi connectivity index (χ0) is 26.2. The Morgan fingerprint density at radius 1 is 1.03 bits per heavy atom. The molecule has 0 spiro atoms. The molecule has 6 rings (SSSR count). The molecule has 3 aromatic rings. The van der Waals surface area contributed by atoms with Crippen molar-refractivity contribution in [2.75, 3.05) is 27.0 Å². The third kappa shape index (κ3) is 4.28. The summed E-state index contributed by atoms with van der Waals surface area (Å²) >= 11 is 0. The monoisotopic (exact) mass is 510 g/mol. The summed E-state index contributed by atoms with van der Waals surface area (Å²) in [4.78, 5) is 30.8. The van der Waals surface area contributed by atoms with Gasteiger partial charge >= 0.3 is 0 Å². The molecular formula is C31H30N2O5. The number of carbonyl (C=O) groups excluding carboxylic acids is 2. The molecule has 38 heavy (non-hydrogen) atoms. The molecule has 0 aromatic heterocycles. The summed E-state index contributed by atoms with van der Waals surface area (Å²) in [7, 11) is 1.60. The number of carbonyl (C=O) groups is 2. The van der Waals surface area contributed by atoms with Gasteiger partial charge < -0.3 is 24.0 Å². The predicted octanol–water partition coefficient (Wildman–Crippen LogP) is 4.28. The molecule has 2 saturated heterocycles. The molecule has 2 fully saturated rings. The van der Waals surface area contributed by atoms with E-state index in [0.29, 0.717) is 42.3 Å². The van der Waals surface area contributed by atoms with Gasteiger partial charge in [-0.15, -0.1) is 0 Å². The standard InChI is InChI=1S/C31H30N2O5/c1-20(34)32-18-26-29(23-15-27(36-2)30-28(16-23)37-19-38-30)25(14-22-11-7-4-8-12-22)31(35)33(26)17-24(32)13-21-9-5-3-6-10-21/h3-12,14-16,24,26,29H,13,17-19H2,1-2H3/b25-14+/t24-,26+,29-/m0/s1. The second-order valence-electron chi connectivity index (χ2n) is 9.98. The largest absolute Gasteiger partial charge is 0.493 e. The van der Waals surface area contributed by atoms with E-state index in [1.54, 1.807) is 14.0 Å². The van der Waals surface area contributed by atoms with Crippen molar-refractivity contribution in [1.29, 1.82) is 0 Å². The molecule has 7 heteroatoms. The topological polar surface area (TPSA) is 68.3 Å². The van der Waals surface area contributed by atoms with E-state index in [4.69, 9.17) is 14.2 Å². The molecule has 3 atom stereocenters. The van der Waals surface area contributed by atoms with Crippen molar-refractivity contribution in [2.24, 2.45) is 0 Å². The van der Waals surface area contributed by atoms with Gasteiger partial charge in [0.2, 0.25) is 18.4 Å². The first-order valence-electron chi connectivity index (χ1n) is 12.9. The van der Waals surface area contributed by atoms with E-state index in [1.807, 2.05) is 76.5 Å². The fraction of sp³-hybridized carbons (Fsp3) is 0.290. The summed E-state index contributed by atoms with van der Waals surface area (Å²) in [6.07, 6.45) is 2.67. The van der Waals surface area contributed by atoms with Gasteiger partial charge in [-0.1, -0.05) is 60.7 Å². The van der Waals surface area contributed by atoms with Crippen molar-refractivity contribution >= 4 is 17.9 Å². The Bertz CT molecular complexity index is 1390. The zero-order valence-corrected chi connectivity index (χ0v) is 21.5. The number of piperazine rings is 1. The molecule has 3 aromatic carbocycles. The number of methoxy groups -OCH3 is 1. The van der Waals surface area contributed by atoms with Crippen molar-refractivity contribution in [1.82, 2.24) is 9.80 Å². The quantitative estimate of drug-likeness (QED) is 0.480. The van der Waals surface area contributed by atoms with E-state index >= 15 is 0 Å². The van der Waals surface area contributed by atoms with Crippen molar-refractivity contribution in [2.45, 2.75) is 31.3 Å². The normalized spacial score (nSPS) is 23.1. The van der Waals surface area contributed by atoms with E-state index in [0.717, 1.165) is 16.7 Å². The smallest absolute Gasteiger partial charge is 0.250 e. The Morgan fingerprint density at radius 2 is 1.76 bits per heavy atom. The number of hydrogen-bond donors (Lipinski definition) is 0. The number of rotatable bonds is 5. The number of amides is 2. The van der Waals surface area contributed by atoms with E-state index in [1.165, 1.54) is 0 Å². The van der Waals surface area contributed by atoms with Crippen LogP contribution in [-0.4, -0.2) is 60.7 Å². The van der Waals surface area contributed by atoms with Gasteiger partial charge in [-0.05, 0) is 41.3 Å². The first kappa shape index (κ1) is 24.1. The highest BCUT2D eigenvalue weighted by Crippen LogP contribution is 2.48. The van der Waals surface area contributed by atoms with Crippen LogP contribution in [0.3, 0.4) is 0 Å². The molecule has 2 amide bonds. The van der Waals surface area contributed by atoms with E-state index in [2.05, 4.69) is 12.1 Å². The summed E-state index contributed by atoms with van der Waals surface area (Å²) in [5.41, 5.74) is 3.70. The average Bonchev–Trinajstić information content (AvgIpc) is 3.51. The van der Waals surface area contributed by atoms with Gasteiger partial charge in [0.1, 0.15) is 0 Å². The van der Waals surface area contributed by atoms with E-state index in [9.17, 15) is 9.59 Å². The Morgan fingerprint density at radius 3 is 2.47 bits per heavy atom. The maximum atomic E-state index is 14.1. The van der Waals surface area contributed by atoms with Crippen molar-refractivity contribution in [3.05, 3.63) is 95.1 Å². The zero-order valence-electron chi connectivity index (χ0n) is 21.5. The lowest BCUT2D eigenvalue weighted by Crippen LogP contribution is -2.59. The first-order valence-corrected chi connectivity index (χ1v) is 12.9. The van der Waals surface area contributed by atoms with E-state index in [-0.39, 0.29) is 36.6 Å². The molecule has 3 aliphatic rings. The SMILES string of the molecule is COc1cc([C@H]2/C(=C\c3ccccc3)C(=O)N3C[C@H](Cc4ccccc4)N(C(C)=O)C[C@H]23)cc2c1OCO2. The lowest BCUT2D eigenvalue weighted by Gasteiger charge is -2.44. The molecule has 0 aliphatic carbocycles. The number of ether oxygens (including phenoxy) is 3. The number of hydrogen-bond acceptors (Lipinski definition) is 5. The number of nitrogens with zero attached hydrogens (tertiary/aromatic N) is 2. The summed E-state index contributed by atoms with van der Waals surface area (Å²) in [6.45, 7) is 2.67. The van der Waals surface area contributed by atoms with Gasteiger partial charge in [0.15, 0.2) is 11.5 Å². The fourth-order valence-corrected chi connectivity index (χ4v) is 5.99. The van der Waals surface area contributed by atoms with Crippen LogP contribution in [0.4, 0.5) is 0 Å². The number of fused-ring (bicyclic) bond motifs is 2.